The van der Waals surface area contributed by atoms with Crippen molar-refractivity contribution in [3.05, 3.63) is 6.33 Å². The molecule has 1 rings (SSSR count). The van der Waals surface area contributed by atoms with Gasteiger partial charge in [-0.15, -0.1) is 0 Å². The zero-order valence-corrected chi connectivity index (χ0v) is 10.4. The number of aryl methyl sites for hydroxylation is 1. The molecule has 3 N–H and O–H groups in total. The number of aromatic nitrogens is 3. The van der Waals surface area contributed by atoms with Gasteiger partial charge in [-0.2, -0.15) is 10.1 Å². The standard InChI is InChI=1S/C10H17N5O3/c1-3-4-5-7(8(16)17)13-10(18)14-9-11-6-12-15(9)2/h6-7H,3-5H2,1-2H3,(H,16,17)(H2,11,12,13,14,18). The Balaban J connectivity index is 2.51. The predicted octanol–water partition coefficient (Wildman–Crippen LogP) is 0.580. The highest BCUT2D eigenvalue weighted by molar-refractivity contribution is 5.90. The van der Waals surface area contributed by atoms with Gasteiger partial charge in [-0.25, -0.2) is 14.3 Å². The number of anilines is 1. The van der Waals surface area contributed by atoms with Crippen LogP contribution < -0.4 is 10.6 Å². The summed E-state index contributed by atoms with van der Waals surface area (Å²) in [6.07, 6.45) is 3.30. The number of rotatable bonds is 6. The molecule has 1 aromatic rings. The molecular weight excluding hydrogens is 238 g/mol. The lowest BCUT2D eigenvalue weighted by atomic mass is 10.1. The van der Waals surface area contributed by atoms with Gasteiger partial charge >= 0.3 is 12.0 Å². The number of carbonyl (C=O) groups excluding carboxylic acids is 1. The lowest BCUT2D eigenvalue weighted by Crippen LogP contribution is -2.43. The minimum absolute atomic E-state index is 0.257. The van der Waals surface area contributed by atoms with E-state index in [-0.39, 0.29) is 5.95 Å². The van der Waals surface area contributed by atoms with Crippen molar-refractivity contribution < 1.29 is 14.7 Å². The van der Waals surface area contributed by atoms with Crippen molar-refractivity contribution in [2.75, 3.05) is 5.32 Å². The SMILES string of the molecule is CCCCC(NC(=O)Nc1ncnn1C)C(=O)O. The van der Waals surface area contributed by atoms with Gasteiger partial charge in [-0.1, -0.05) is 19.8 Å². The topological polar surface area (TPSA) is 109 Å². The van der Waals surface area contributed by atoms with Crippen molar-refractivity contribution in [2.45, 2.75) is 32.2 Å². The molecule has 1 unspecified atom stereocenters. The molecule has 0 fully saturated rings. The Kier molecular flexibility index (Phi) is 5.09. The first kappa shape index (κ1) is 13.9. The van der Waals surface area contributed by atoms with E-state index in [9.17, 15) is 9.59 Å². The highest BCUT2D eigenvalue weighted by Crippen LogP contribution is 2.02. The molecule has 100 valence electrons. The molecule has 0 aliphatic carbocycles. The molecule has 2 amide bonds. The molecule has 1 heterocycles. The molecule has 1 atom stereocenters. The molecule has 0 aliphatic heterocycles. The van der Waals surface area contributed by atoms with Crippen LogP contribution in [0.2, 0.25) is 0 Å². The van der Waals surface area contributed by atoms with Crippen LogP contribution in [0.15, 0.2) is 6.33 Å². The third-order valence-electron chi connectivity index (χ3n) is 2.39. The third-order valence-corrected chi connectivity index (χ3v) is 2.39. The lowest BCUT2D eigenvalue weighted by Gasteiger charge is -2.14. The number of hydrogen-bond donors (Lipinski definition) is 3. The Hall–Kier alpha value is -2.12. The van der Waals surface area contributed by atoms with Crippen molar-refractivity contribution >= 4 is 17.9 Å². The Morgan fingerprint density at radius 1 is 1.56 bits per heavy atom. The summed E-state index contributed by atoms with van der Waals surface area (Å²) in [6.45, 7) is 1.96. The second-order valence-corrected chi connectivity index (χ2v) is 3.84. The molecule has 0 bridgehead atoms. The fraction of sp³-hybridized carbons (Fsp3) is 0.600. The Bertz CT molecular complexity index is 417. The summed E-state index contributed by atoms with van der Waals surface area (Å²) in [4.78, 5) is 26.3. The summed E-state index contributed by atoms with van der Waals surface area (Å²) in [6, 6.07) is -1.49. The molecule has 0 radical (unpaired) electrons. The van der Waals surface area contributed by atoms with Crippen LogP contribution in [-0.4, -0.2) is 37.9 Å². The summed E-state index contributed by atoms with van der Waals surface area (Å²) in [7, 11) is 1.62. The number of urea groups is 1. The fourth-order valence-electron chi connectivity index (χ4n) is 1.37. The first-order valence-electron chi connectivity index (χ1n) is 5.69. The third kappa shape index (κ3) is 4.04. The number of amides is 2. The maximum atomic E-state index is 11.6. The van der Waals surface area contributed by atoms with Gasteiger partial charge in [0, 0.05) is 7.05 Å². The normalized spacial score (nSPS) is 11.9. The monoisotopic (exact) mass is 255 g/mol. The van der Waals surface area contributed by atoms with Crippen LogP contribution in [0.4, 0.5) is 10.7 Å². The Labute approximate surface area is 104 Å². The zero-order valence-electron chi connectivity index (χ0n) is 10.4. The van der Waals surface area contributed by atoms with E-state index in [4.69, 9.17) is 5.11 Å². The van der Waals surface area contributed by atoms with E-state index in [1.807, 2.05) is 6.92 Å². The van der Waals surface area contributed by atoms with Gasteiger partial charge in [-0.3, -0.25) is 5.32 Å². The molecule has 0 spiro atoms. The lowest BCUT2D eigenvalue weighted by molar-refractivity contribution is -0.139. The van der Waals surface area contributed by atoms with Crippen LogP contribution >= 0.6 is 0 Å². The van der Waals surface area contributed by atoms with Crippen LogP contribution in [0.5, 0.6) is 0 Å². The highest BCUT2D eigenvalue weighted by atomic mass is 16.4. The number of carbonyl (C=O) groups is 2. The zero-order chi connectivity index (χ0) is 13.5. The van der Waals surface area contributed by atoms with Crippen molar-refractivity contribution in [3.63, 3.8) is 0 Å². The predicted molar refractivity (Wildman–Crippen MR) is 64.1 cm³/mol. The molecule has 8 nitrogen and oxygen atoms in total. The fourth-order valence-corrected chi connectivity index (χ4v) is 1.37. The highest BCUT2D eigenvalue weighted by Gasteiger charge is 2.19. The second kappa shape index (κ2) is 6.58. The second-order valence-electron chi connectivity index (χ2n) is 3.84. The number of unbranched alkanes of at least 4 members (excludes halogenated alkanes) is 1. The summed E-state index contributed by atoms with van der Waals surface area (Å²) in [5.74, 6) is -0.788. The average Bonchev–Trinajstić information content (AvgIpc) is 2.70. The first-order chi connectivity index (χ1) is 8.54. The number of carboxylic acids is 1. The number of aliphatic carboxylic acids is 1. The van der Waals surface area contributed by atoms with Gasteiger partial charge < -0.3 is 10.4 Å². The smallest absolute Gasteiger partial charge is 0.326 e. The van der Waals surface area contributed by atoms with E-state index < -0.39 is 18.0 Å². The molecule has 0 aromatic carbocycles. The summed E-state index contributed by atoms with van der Waals surface area (Å²) in [5, 5.41) is 17.5. The minimum atomic E-state index is -1.04. The summed E-state index contributed by atoms with van der Waals surface area (Å²) >= 11 is 0. The maximum Gasteiger partial charge on any atom is 0.326 e. The van der Waals surface area contributed by atoms with Crippen molar-refractivity contribution in [3.8, 4) is 0 Å². The van der Waals surface area contributed by atoms with E-state index in [1.54, 1.807) is 7.05 Å². The van der Waals surface area contributed by atoms with E-state index in [0.717, 1.165) is 12.8 Å². The number of hydrogen-bond acceptors (Lipinski definition) is 4. The molecule has 1 aromatic heterocycles. The summed E-state index contributed by atoms with van der Waals surface area (Å²) in [5.41, 5.74) is 0. The Morgan fingerprint density at radius 2 is 2.28 bits per heavy atom. The van der Waals surface area contributed by atoms with Gasteiger partial charge in [-0.05, 0) is 6.42 Å². The van der Waals surface area contributed by atoms with Gasteiger partial charge in [0.2, 0.25) is 5.95 Å². The minimum Gasteiger partial charge on any atom is -0.480 e. The number of nitrogens with zero attached hydrogens (tertiary/aromatic N) is 3. The van der Waals surface area contributed by atoms with Crippen molar-refractivity contribution in [1.82, 2.24) is 20.1 Å². The quantitative estimate of drug-likeness (QED) is 0.688. The van der Waals surface area contributed by atoms with Crippen molar-refractivity contribution in [2.24, 2.45) is 7.05 Å². The van der Waals surface area contributed by atoms with Crippen molar-refractivity contribution in [1.29, 1.82) is 0 Å². The molecule has 0 saturated carbocycles. The van der Waals surface area contributed by atoms with Gasteiger partial charge in [0.05, 0.1) is 0 Å². The van der Waals surface area contributed by atoms with E-state index in [1.165, 1.54) is 11.0 Å². The van der Waals surface area contributed by atoms with Crippen LogP contribution in [0.3, 0.4) is 0 Å². The van der Waals surface area contributed by atoms with Crippen LogP contribution in [0.25, 0.3) is 0 Å². The number of carboxylic acid groups (broad SMARTS) is 1. The van der Waals surface area contributed by atoms with Gasteiger partial charge in [0.25, 0.3) is 0 Å². The maximum absolute atomic E-state index is 11.6. The van der Waals surface area contributed by atoms with E-state index >= 15 is 0 Å². The molecule has 18 heavy (non-hydrogen) atoms. The average molecular weight is 255 g/mol. The summed E-state index contributed by atoms with van der Waals surface area (Å²) < 4.78 is 1.38. The van der Waals surface area contributed by atoms with E-state index in [0.29, 0.717) is 6.42 Å². The Morgan fingerprint density at radius 3 is 2.78 bits per heavy atom. The molecule has 0 saturated heterocycles. The first-order valence-corrected chi connectivity index (χ1v) is 5.69. The van der Waals surface area contributed by atoms with Gasteiger partial charge in [0.15, 0.2) is 0 Å². The molecular formula is C10H17N5O3. The molecule has 8 heteroatoms. The largest absolute Gasteiger partial charge is 0.480 e. The van der Waals surface area contributed by atoms with Crippen LogP contribution in [-0.2, 0) is 11.8 Å². The number of nitrogens with one attached hydrogen (secondary N) is 2. The molecule has 0 aliphatic rings. The van der Waals surface area contributed by atoms with Crippen LogP contribution in [0.1, 0.15) is 26.2 Å². The van der Waals surface area contributed by atoms with Gasteiger partial charge in [0.1, 0.15) is 12.4 Å². The van der Waals surface area contributed by atoms with E-state index in [2.05, 4.69) is 20.7 Å². The van der Waals surface area contributed by atoms with Crippen LogP contribution in [0, 0.1) is 0 Å².